The average molecular weight is 279 g/mol. The highest BCUT2D eigenvalue weighted by atomic mass is 15.2. The molecule has 0 saturated heterocycles. The number of aryl methyl sites for hydroxylation is 1. The standard InChI is InChI=1S/C16H17N5/c1-2-12-6-7-15(17-9-12)10-18-14-5-3-4-13(8-14)16-19-11-20-21-16/h3-9,11,18H,2,10H2,1H3,(H,19,20,21). The second-order valence-electron chi connectivity index (χ2n) is 4.78. The van der Waals surface area contributed by atoms with Crippen LogP contribution in [0.5, 0.6) is 0 Å². The van der Waals surface area contributed by atoms with E-state index in [0.29, 0.717) is 6.54 Å². The van der Waals surface area contributed by atoms with Crippen LogP contribution in [0, 0.1) is 0 Å². The summed E-state index contributed by atoms with van der Waals surface area (Å²) in [5, 5.41) is 11.2. The molecular weight excluding hydrogens is 262 g/mol. The lowest BCUT2D eigenvalue weighted by atomic mass is 10.2. The fourth-order valence-electron chi connectivity index (χ4n) is 2.08. The van der Waals surface area contributed by atoms with Gasteiger partial charge in [0.25, 0.3) is 0 Å². The van der Waals surface area contributed by atoms with Crippen LogP contribution < -0.4 is 5.32 Å². The second-order valence-corrected chi connectivity index (χ2v) is 4.78. The molecule has 2 N–H and O–H groups in total. The van der Waals surface area contributed by atoms with E-state index < -0.39 is 0 Å². The topological polar surface area (TPSA) is 66.5 Å². The monoisotopic (exact) mass is 279 g/mol. The normalized spacial score (nSPS) is 10.5. The smallest absolute Gasteiger partial charge is 0.161 e. The van der Waals surface area contributed by atoms with Gasteiger partial charge in [-0.2, -0.15) is 0 Å². The number of aromatic amines is 1. The van der Waals surface area contributed by atoms with Gasteiger partial charge in [0, 0.05) is 17.4 Å². The number of H-pyrrole nitrogens is 1. The molecule has 0 unspecified atom stereocenters. The summed E-state index contributed by atoms with van der Waals surface area (Å²) < 4.78 is 0. The summed E-state index contributed by atoms with van der Waals surface area (Å²) in [5.41, 5.74) is 4.32. The third-order valence-electron chi connectivity index (χ3n) is 3.32. The molecule has 0 atom stereocenters. The third kappa shape index (κ3) is 3.25. The first-order valence-electron chi connectivity index (χ1n) is 6.99. The van der Waals surface area contributed by atoms with Crippen molar-refractivity contribution >= 4 is 5.69 Å². The number of nitrogens with one attached hydrogen (secondary N) is 2. The zero-order chi connectivity index (χ0) is 14.5. The lowest BCUT2D eigenvalue weighted by Gasteiger charge is -2.07. The van der Waals surface area contributed by atoms with Gasteiger partial charge in [-0.25, -0.2) is 0 Å². The van der Waals surface area contributed by atoms with Crippen molar-refractivity contribution < 1.29 is 0 Å². The summed E-state index contributed by atoms with van der Waals surface area (Å²) >= 11 is 0. The molecule has 0 spiro atoms. The molecule has 0 bridgehead atoms. The fourth-order valence-corrected chi connectivity index (χ4v) is 2.08. The van der Waals surface area contributed by atoms with Gasteiger partial charge in [0.05, 0.1) is 12.2 Å². The molecule has 21 heavy (non-hydrogen) atoms. The van der Waals surface area contributed by atoms with Crippen molar-refractivity contribution in [2.75, 3.05) is 5.32 Å². The molecule has 0 amide bonds. The number of rotatable bonds is 5. The van der Waals surface area contributed by atoms with Crippen LogP contribution in [0.25, 0.3) is 11.4 Å². The van der Waals surface area contributed by atoms with Crippen LogP contribution in [0.3, 0.4) is 0 Å². The van der Waals surface area contributed by atoms with Crippen molar-refractivity contribution in [1.29, 1.82) is 0 Å². The highest BCUT2D eigenvalue weighted by Gasteiger charge is 2.02. The van der Waals surface area contributed by atoms with Crippen LogP contribution in [0.1, 0.15) is 18.2 Å². The Hall–Kier alpha value is -2.69. The van der Waals surface area contributed by atoms with E-state index in [-0.39, 0.29) is 0 Å². The van der Waals surface area contributed by atoms with Gasteiger partial charge >= 0.3 is 0 Å². The number of nitrogens with zero attached hydrogens (tertiary/aromatic N) is 3. The molecular formula is C16H17N5. The molecule has 5 nitrogen and oxygen atoms in total. The Balaban J connectivity index is 1.68. The Kier molecular flexibility index (Phi) is 3.91. The zero-order valence-electron chi connectivity index (χ0n) is 11.9. The second kappa shape index (κ2) is 6.17. The number of aromatic nitrogens is 4. The molecule has 2 aromatic heterocycles. The summed E-state index contributed by atoms with van der Waals surface area (Å²) in [6.45, 7) is 2.83. The number of anilines is 1. The van der Waals surface area contributed by atoms with Gasteiger partial charge < -0.3 is 10.3 Å². The lowest BCUT2D eigenvalue weighted by molar-refractivity contribution is 1.01. The van der Waals surface area contributed by atoms with E-state index in [9.17, 15) is 0 Å². The summed E-state index contributed by atoms with van der Waals surface area (Å²) in [6.07, 6.45) is 4.52. The number of pyridine rings is 1. The van der Waals surface area contributed by atoms with Crippen LogP contribution in [0.2, 0.25) is 0 Å². The Morgan fingerprint density at radius 3 is 2.86 bits per heavy atom. The predicted molar refractivity (Wildman–Crippen MR) is 82.8 cm³/mol. The van der Waals surface area contributed by atoms with E-state index in [1.807, 2.05) is 30.5 Å². The first kappa shape index (κ1) is 13.3. The minimum atomic E-state index is 0.698. The van der Waals surface area contributed by atoms with E-state index in [4.69, 9.17) is 0 Å². The summed E-state index contributed by atoms with van der Waals surface area (Å²) in [7, 11) is 0. The van der Waals surface area contributed by atoms with Crippen LogP contribution in [0.15, 0.2) is 48.9 Å². The summed E-state index contributed by atoms with van der Waals surface area (Å²) in [6, 6.07) is 12.2. The maximum atomic E-state index is 4.45. The Morgan fingerprint density at radius 2 is 2.14 bits per heavy atom. The van der Waals surface area contributed by atoms with Crippen LogP contribution in [-0.2, 0) is 13.0 Å². The van der Waals surface area contributed by atoms with Crippen molar-refractivity contribution in [3.8, 4) is 11.4 Å². The molecule has 0 radical (unpaired) electrons. The average Bonchev–Trinajstić information content (AvgIpc) is 3.08. The van der Waals surface area contributed by atoms with Crippen LogP contribution in [-0.4, -0.2) is 20.2 Å². The zero-order valence-corrected chi connectivity index (χ0v) is 11.9. The van der Waals surface area contributed by atoms with Gasteiger partial charge in [0.15, 0.2) is 5.82 Å². The van der Waals surface area contributed by atoms with Crippen molar-refractivity contribution in [1.82, 2.24) is 20.2 Å². The van der Waals surface area contributed by atoms with E-state index in [1.54, 1.807) is 6.33 Å². The van der Waals surface area contributed by atoms with Gasteiger partial charge in [0.2, 0.25) is 0 Å². The van der Waals surface area contributed by atoms with E-state index in [1.165, 1.54) is 5.56 Å². The van der Waals surface area contributed by atoms with E-state index in [0.717, 1.165) is 29.2 Å². The quantitative estimate of drug-likeness (QED) is 0.753. The molecule has 0 aliphatic heterocycles. The SMILES string of the molecule is CCc1ccc(CNc2cccc(-c3nnc[nH]3)c2)nc1. The fraction of sp³-hybridized carbons (Fsp3) is 0.188. The van der Waals surface area contributed by atoms with Crippen LogP contribution in [0.4, 0.5) is 5.69 Å². The molecule has 3 rings (SSSR count). The van der Waals surface area contributed by atoms with E-state index >= 15 is 0 Å². The Bertz CT molecular complexity index is 689. The Morgan fingerprint density at radius 1 is 1.19 bits per heavy atom. The van der Waals surface area contributed by atoms with Crippen LogP contribution >= 0.6 is 0 Å². The number of hydrogen-bond acceptors (Lipinski definition) is 4. The molecule has 106 valence electrons. The molecule has 2 heterocycles. The largest absolute Gasteiger partial charge is 0.379 e. The first-order chi connectivity index (χ1) is 10.3. The van der Waals surface area contributed by atoms with Gasteiger partial charge in [-0.15, -0.1) is 10.2 Å². The molecule has 1 aromatic carbocycles. The predicted octanol–water partition coefficient (Wildman–Crippen LogP) is 3.04. The van der Waals surface area contributed by atoms with Gasteiger partial charge in [-0.3, -0.25) is 4.98 Å². The number of benzene rings is 1. The van der Waals surface area contributed by atoms with Gasteiger partial charge in [-0.1, -0.05) is 25.1 Å². The minimum Gasteiger partial charge on any atom is -0.379 e. The van der Waals surface area contributed by atoms with Gasteiger partial charge in [-0.05, 0) is 30.2 Å². The minimum absolute atomic E-state index is 0.698. The number of hydrogen-bond donors (Lipinski definition) is 2. The van der Waals surface area contributed by atoms with Crippen molar-refractivity contribution in [3.05, 3.63) is 60.2 Å². The van der Waals surface area contributed by atoms with Crippen molar-refractivity contribution in [2.24, 2.45) is 0 Å². The van der Waals surface area contributed by atoms with Crippen molar-refractivity contribution in [3.63, 3.8) is 0 Å². The lowest BCUT2D eigenvalue weighted by Crippen LogP contribution is -2.02. The molecule has 5 heteroatoms. The molecule has 0 fully saturated rings. The first-order valence-corrected chi connectivity index (χ1v) is 6.99. The Labute approximate surface area is 123 Å². The summed E-state index contributed by atoms with van der Waals surface area (Å²) in [4.78, 5) is 7.45. The molecule has 3 aromatic rings. The molecule has 0 saturated carbocycles. The van der Waals surface area contributed by atoms with E-state index in [2.05, 4.69) is 44.5 Å². The maximum Gasteiger partial charge on any atom is 0.161 e. The van der Waals surface area contributed by atoms with Crippen molar-refractivity contribution in [2.45, 2.75) is 19.9 Å². The molecule has 0 aliphatic carbocycles. The maximum absolute atomic E-state index is 4.45. The highest BCUT2D eigenvalue weighted by Crippen LogP contribution is 2.19. The highest BCUT2D eigenvalue weighted by molar-refractivity contribution is 5.61. The van der Waals surface area contributed by atoms with Gasteiger partial charge in [0.1, 0.15) is 6.33 Å². The third-order valence-corrected chi connectivity index (χ3v) is 3.32. The summed E-state index contributed by atoms with van der Waals surface area (Å²) in [5.74, 6) is 0.768. The molecule has 0 aliphatic rings.